The zero-order chi connectivity index (χ0) is 18.9. The fourth-order valence-electron chi connectivity index (χ4n) is 5.27. The second-order valence-electron chi connectivity index (χ2n) is 9.03. The summed E-state index contributed by atoms with van der Waals surface area (Å²) in [6.07, 6.45) is 5.29. The summed E-state index contributed by atoms with van der Waals surface area (Å²) in [7, 11) is 0. The van der Waals surface area contributed by atoms with Gasteiger partial charge in [-0.1, -0.05) is 17.7 Å². The summed E-state index contributed by atoms with van der Waals surface area (Å²) in [6.45, 7) is 15.1. The molecule has 3 aliphatic heterocycles. The summed E-state index contributed by atoms with van der Waals surface area (Å²) in [4.78, 5) is 5.15. The Morgan fingerprint density at radius 2 is 1.59 bits per heavy atom. The summed E-state index contributed by atoms with van der Waals surface area (Å²) in [5.41, 5.74) is 5.93. The van der Waals surface area contributed by atoms with Crippen LogP contribution in [0.1, 0.15) is 47.9 Å². The minimum absolute atomic E-state index is 0.158. The van der Waals surface area contributed by atoms with Crippen LogP contribution in [0.2, 0.25) is 0 Å². The normalized spacial score (nSPS) is 26.7. The first-order chi connectivity index (χ1) is 13.0. The molecule has 4 heteroatoms. The largest absolute Gasteiger partial charge is 0.379 e. The van der Waals surface area contributed by atoms with E-state index in [-0.39, 0.29) is 5.60 Å². The lowest BCUT2D eigenvalue weighted by atomic mass is 9.88. The number of hydrogen-bond acceptors (Lipinski definition) is 4. The first-order valence-electron chi connectivity index (χ1n) is 10.8. The molecule has 4 nitrogen and oxygen atoms in total. The predicted octanol–water partition coefficient (Wildman–Crippen LogP) is 3.46. The van der Waals surface area contributed by atoms with Gasteiger partial charge in [-0.3, -0.25) is 9.80 Å². The van der Waals surface area contributed by atoms with Crippen LogP contribution < -0.4 is 0 Å². The van der Waals surface area contributed by atoms with Crippen LogP contribution in [0.15, 0.2) is 12.1 Å². The van der Waals surface area contributed by atoms with Crippen LogP contribution in [0.3, 0.4) is 0 Å². The van der Waals surface area contributed by atoms with Gasteiger partial charge in [0.05, 0.1) is 24.9 Å². The molecule has 0 saturated carbocycles. The van der Waals surface area contributed by atoms with E-state index in [9.17, 15) is 0 Å². The molecule has 1 aromatic carbocycles. The van der Waals surface area contributed by atoms with E-state index in [2.05, 4.69) is 42.7 Å². The molecule has 1 aromatic rings. The Hall–Kier alpha value is -0.940. The van der Waals surface area contributed by atoms with Gasteiger partial charge in [-0.25, -0.2) is 0 Å². The molecule has 3 aliphatic rings. The number of morpholine rings is 1. The minimum atomic E-state index is 0.158. The van der Waals surface area contributed by atoms with Crippen LogP contribution in [0, 0.1) is 20.8 Å². The quantitative estimate of drug-likeness (QED) is 0.808. The summed E-state index contributed by atoms with van der Waals surface area (Å²) in [5.74, 6) is 0. The molecule has 1 spiro atoms. The molecule has 3 fully saturated rings. The second-order valence-corrected chi connectivity index (χ2v) is 9.03. The molecule has 0 radical (unpaired) electrons. The average Bonchev–Trinajstić information content (AvgIpc) is 3.03. The van der Waals surface area contributed by atoms with Crippen LogP contribution >= 0.6 is 0 Å². The molecular weight excluding hydrogens is 336 g/mol. The lowest BCUT2D eigenvalue weighted by Gasteiger charge is -2.40. The van der Waals surface area contributed by atoms with Crippen LogP contribution in [-0.2, 0) is 16.0 Å². The fraction of sp³-hybridized carbons (Fsp3) is 0.739. The van der Waals surface area contributed by atoms with E-state index in [1.165, 1.54) is 47.9 Å². The molecule has 0 amide bonds. The van der Waals surface area contributed by atoms with Gasteiger partial charge in [0, 0.05) is 39.3 Å². The summed E-state index contributed by atoms with van der Waals surface area (Å²) in [5, 5.41) is 0. The summed E-state index contributed by atoms with van der Waals surface area (Å²) in [6, 6.07) is 4.65. The molecule has 0 bridgehead atoms. The number of nitrogens with zero attached hydrogens (tertiary/aromatic N) is 2. The van der Waals surface area contributed by atoms with Gasteiger partial charge in [0.15, 0.2) is 0 Å². The third-order valence-corrected chi connectivity index (χ3v) is 6.89. The lowest BCUT2D eigenvalue weighted by molar-refractivity contribution is -0.0898. The van der Waals surface area contributed by atoms with Crippen molar-refractivity contribution in [3.05, 3.63) is 34.4 Å². The predicted molar refractivity (Wildman–Crippen MR) is 109 cm³/mol. The Labute approximate surface area is 164 Å². The number of aryl methyl sites for hydroxylation is 3. The van der Waals surface area contributed by atoms with E-state index in [4.69, 9.17) is 9.47 Å². The molecule has 0 N–H and O–H groups in total. The van der Waals surface area contributed by atoms with Gasteiger partial charge in [-0.2, -0.15) is 0 Å². The molecule has 4 rings (SSSR count). The molecule has 1 unspecified atom stereocenters. The molecule has 150 valence electrons. The molecule has 3 saturated heterocycles. The number of ether oxygens (including phenoxy) is 2. The van der Waals surface area contributed by atoms with E-state index in [0.717, 1.165) is 52.5 Å². The van der Waals surface area contributed by atoms with Crippen LogP contribution in [0.5, 0.6) is 0 Å². The van der Waals surface area contributed by atoms with Crippen molar-refractivity contribution < 1.29 is 9.47 Å². The maximum atomic E-state index is 6.65. The number of hydrogen-bond donors (Lipinski definition) is 0. The first-order valence-corrected chi connectivity index (χ1v) is 10.8. The number of piperidine rings is 1. The van der Waals surface area contributed by atoms with Crippen molar-refractivity contribution in [2.75, 3.05) is 45.9 Å². The van der Waals surface area contributed by atoms with E-state index in [0.29, 0.717) is 6.10 Å². The summed E-state index contributed by atoms with van der Waals surface area (Å²) < 4.78 is 12.1. The third kappa shape index (κ3) is 4.56. The standard InChI is InChI=1S/C23H36N2O2/c1-18-14-19(2)22(20(3)15-18)17-24-8-6-23(7-9-24)5-4-21(27-23)16-25-10-12-26-13-11-25/h14-15,21H,4-13,16-17H2,1-3H3. The Morgan fingerprint density at radius 3 is 2.26 bits per heavy atom. The van der Waals surface area contributed by atoms with Gasteiger partial charge < -0.3 is 9.47 Å². The van der Waals surface area contributed by atoms with Crippen molar-refractivity contribution >= 4 is 0 Å². The van der Waals surface area contributed by atoms with Crippen molar-refractivity contribution in [2.45, 2.75) is 64.7 Å². The van der Waals surface area contributed by atoms with Crippen molar-refractivity contribution in [1.29, 1.82) is 0 Å². The average molecular weight is 373 g/mol. The Morgan fingerprint density at radius 1 is 0.926 bits per heavy atom. The van der Waals surface area contributed by atoms with E-state index >= 15 is 0 Å². The molecule has 1 atom stereocenters. The molecule has 0 aliphatic carbocycles. The first kappa shape index (κ1) is 19.4. The monoisotopic (exact) mass is 372 g/mol. The number of benzene rings is 1. The van der Waals surface area contributed by atoms with Crippen molar-refractivity contribution in [1.82, 2.24) is 9.80 Å². The highest BCUT2D eigenvalue weighted by Gasteiger charge is 2.42. The Kier molecular flexibility index (Phi) is 5.89. The van der Waals surface area contributed by atoms with E-state index in [1.807, 2.05) is 0 Å². The van der Waals surface area contributed by atoms with Gasteiger partial charge in [0.25, 0.3) is 0 Å². The second kappa shape index (κ2) is 8.20. The van der Waals surface area contributed by atoms with Gasteiger partial charge >= 0.3 is 0 Å². The fourth-order valence-corrected chi connectivity index (χ4v) is 5.27. The van der Waals surface area contributed by atoms with Gasteiger partial charge in [0.2, 0.25) is 0 Å². The smallest absolute Gasteiger partial charge is 0.0712 e. The summed E-state index contributed by atoms with van der Waals surface area (Å²) >= 11 is 0. The Balaban J connectivity index is 1.29. The zero-order valence-electron chi connectivity index (χ0n) is 17.4. The number of rotatable bonds is 4. The van der Waals surface area contributed by atoms with Crippen molar-refractivity contribution in [3.8, 4) is 0 Å². The van der Waals surface area contributed by atoms with Crippen molar-refractivity contribution in [3.63, 3.8) is 0 Å². The molecule has 3 heterocycles. The maximum Gasteiger partial charge on any atom is 0.0712 e. The van der Waals surface area contributed by atoms with Crippen molar-refractivity contribution in [2.24, 2.45) is 0 Å². The molecule has 27 heavy (non-hydrogen) atoms. The van der Waals surface area contributed by atoms with Gasteiger partial charge in [-0.15, -0.1) is 0 Å². The van der Waals surface area contributed by atoms with Gasteiger partial charge in [0.1, 0.15) is 0 Å². The van der Waals surface area contributed by atoms with E-state index in [1.54, 1.807) is 0 Å². The molecule has 0 aromatic heterocycles. The minimum Gasteiger partial charge on any atom is -0.379 e. The Bertz CT molecular complexity index is 623. The highest BCUT2D eigenvalue weighted by atomic mass is 16.5. The van der Waals surface area contributed by atoms with Crippen LogP contribution in [0.25, 0.3) is 0 Å². The maximum absolute atomic E-state index is 6.65. The number of likely N-dealkylation sites (tertiary alicyclic amines) is 1. The zero-order valence-corrected chi connectivity index (χ0v) is 17.4. The van der Waals surface area contributed by atoms with Crippen LogP contribution in [0.4, 0.5) is 0 Å². The SMILES string of the molecule is Cc1cc(C)c(CN2CCC3(CCC(CN4CCOCC4)O3)CC2)c(C)c1. The molecular formula is C23H36N2O2. The third-order valence-electron chi connectivity index (χ3n) is 6.89. The van der Waals surface area contributed by atoms with Gasteiger partial charge in [-0.05, 0) is 63.1 Å². The topological polar surface area (TPSA) is 24.9 Å². The van der Waals surface area contributed by atoms with E-state index < -0.39 is 0 Å². The highest BCUT2D eigenvalue weighted by molar-refractivity contribution is 5.37. The highest BCUT2D eigenvalue weighted by Crippen LogP contribution is 2.39. The van der Waals surface area contributed by atoms with Crippen LogP contribution in [-0.4, -0.2) is 67.4 Å². The lowest BCUT2D eigenvalue weighted by Crippen LogP contribution is -2.45.